The number of aryl methyl sites for hydroxylation is 1. The van der Waals surface area contributed by atoms with Gasteiger partial charge in [-0.3, -0.25) is 0 Å². The summed E-state index contributed by atoms with van der Waals surface area (Å²) in [6.45, 7) is 8.70. The molecule has 4 rings (SSSR count). The van der Waals surface area contributed by atoms with Crippen molar-refractivity contribution in [2.24, 2.45) is 0 Å². The summed E-state index contributed by atoms with van der Waals surface area (Å²) in [5.41, 5.74) is 3.61. The van der Waals surface area contributed by atoms with Crippen molar-refractivity contribution in [2.75, 3.05) is 13.2 Å². The molecule has 1 fully saturated rings. The SMILES string of the molecule is C=Cc1cc(C)c2c(ccn2S(=O)(=O)C2(C)C=CC(COC3CCCCO3)=CC2)c1. The lowest BCUT2D eigenvalue weighted by molar-refractivity contribution is -0.156. The van der Waals surface area contributed by atoms with Crippen molar-refractivity contribution in [3.63, 3.8) is 0 Å². The van der Waals surface area contributed by atoms with Crippen LogP contribution in [-0.2, 0) is 19.5 Å². The Morgan fingerprint density at radius 3 is 2.87 bits per heavy atom. The van der Waals surface area contributed by atoms with Crippen molar-refractivity contribution in [3.8, 4) is 0 Å². The lowest BCUT2D eigenvalue weighted by Gasteiger charge is -2.29. The molecule has 5 nitrogen and oxygen atoms in total. The van der Waals surface area contributed by atoms with Crippen LogP contribution in [0.3, 0.4) is 0 Å². The molecular formula is C24H29NO4S. The second-order valence-corrected chi connectivity index (χ2v) is 10.6. The van der Waals surface area contributed by atoms with Crippen LogP contribution in [0.25, 0.3) is 17.0 Å². The normalized spacial score (nSPS) is 24.7. The molecule has 0 radical (unpaired) electrons. The number of allylic oxidation sites excluding steroid dienone is 1. The zero-order chi connectivity index (χ0) is 21.4. The van der Waals surface area contributed by atoms with Gasteiger partial charge in [0.2, 0.25) is 10.0 Å². The molecule has 1 aromatic heterocycles. The highest BCUT2D eigenvalue weighted by atomic mass is 32.2. The Bertz CT molecular complexity index is 1120. The monoisotopic (exact) mass is 427 g/mol. The number of ether oxygens (including phenoxy) is 2. The number of benzene rings is 1. The number of rotatable bonds is 6. The molecule has 2 atom stereocenters. The quantitative estimate of drug-likeness (QED) is 0.654. The van der Waals surface area contributed by atoms with Crippen LogP contribution in [0, 0.1) is 6.92 Å². The Labute approximate surface area is 178 Å². The van der Waals surface area contributed by atoms with Crippen LogP contribution in [0.4, 0.5) is 0 Å². The minimum Gasteiger partial charge on any atom is -0.353 e. The topological polar surface area (TPSA) is 57.5 Å². The first kappa shape index (κ1) is 21.1. The van der Waals surface area contributed by atoms with E-state index >= 15 is 0 Å². The Morgan fingerprint density at radius 2 is 2.20 bits per heavy atom. The molecule has 2 unspecified atom stereocenters. The molecule has 1 aliphatic carbocycles. The van der Waals surface area contributed by atoms with E-state index in [-0.39, 0.29) is 6.29 Å². The van der Waals surface area contributed by atoms with Crippen LogP contribution < -0.4 is 0 Å². The van der Waals surface area contributed by atoms with Crippen LogP contribution in [0.2, 0.25) is 0 Å². The molecule has 160 valence electrons. The van der Waals surface area contributed by atoms with E-state index in [1.165, 1.54) is 3.97 Å². The molecule has 0 N–H and O–H groups in total. The summed E-state index contributed by atoms with van der Waals surface area (Å²) in [7, 11) is -3.65. The summed E-state index contributed by atoms with van der Waals surface area (Å²) in [6, 6.07) is 5.77. The van der Waals surface area contributed by atoms with E-state index in [0.717, 1.165) is 53.5 Å². The van der Waals surface area contributed by atoms with Crippen molar-refractivity contribution in [2.45, 2.75) is 50.6 Å². The van der Waals surface area contributed by atoms with Crippen molar-refractivity contribution >= 4 is 27.0 Å². The number of fused-ring (bicyclic) bond motifs is 1. The molecule has 1 saturated heterocycles. The largest absolute Gasteiger partial charge is 0.353 e. The summed E-state index contributed by atoms with van der Waals surface area (Å²) in [5, 5.41) is 0.897. The molecule has 0 saturated carbocycles. The van der Waals surface area contributed by atoms with Crippen molar-refractivity contribution in [1.82, 2.24) is 3.97 Å². The van der Waals surface area contributed by atoms with Gasteiger partial charge in [-0.15, -0.1) is 0 Å². The highest BCUT2D eigenvalue weighted by molar-refractivity contribution is 7.91. The number of hydrogen-bond donors (Lipinski definition) is 0. The fourth-order valence-electron chi connectivity index (χ4n) is 4.11. The minimum atomic E-state index is -3.65. The van der Waals surface area contributed by atoms with Gasteiger partial charge in [0.05, 0.1) is 12.1 Å². The highest BCUT2D eigenvalue weighted by Gasteiger charge is 2.39. The lowest BCUT2D eigenvalue weighted by atomic mass is 9.98. The van der Waals surface area contributed by atoms with Gasteiger partial charge in [-0.2, -0.15) is 0 Å². The van der Waals surface area contributed by atoms with Crippen LogP contribution in [0.15, 0.2) is 54.8 Å². The third-order valence-corrected chi connectivity index (χ3v) is 8.34. The average molecular weight is 428 g/mol. The maximum atomic E-state index is 13.6. The van der Waals surface area contributed by atoms with Crippen LogP contribution in [0.1, 0.15) is 43.7 Å². The number of nitrogens with zero attached hydrogens (tertiary/aromatic N) is 1. The number of hydrogen-bond acceptors (Lipinski definition) is 4. The van der Waals surface area contributed by atoms with Gasteiger partial charge in [-0.25, -0.2) is 12.4 Å². The van der Waals surface area contributed by atoms with Crippen LogP contribution >= 0.6 is 0 Å². The summed E-state index contributed by atoms with van der Waals surface area (Å²) < 4.78 is 39.1. The van der Waals surface area contributed by atoms with Gasteiger partial charge < -0.3 is 9.47 Å². The predicted molar refractivity (Wildman–Crippen MR) is 121 cm³/mol. The van der Waals surface area contributed by atoms with Gasteiger partial charge >= 0.3 is 0 Å². The smallest absolute Gasteiger partial charge is 0.248 e. The Balaban J connectivity index is 1.55. The molecule has 1 aromatic carbocycles. The van der Waals surface area contributed by atoms with Gasteiger partial charge in [0.25, 0.3) is 0 Å². The van der Waals surface area contributed by atoms with E-state index in [0.29, 0.717) is 13.0 Å². The standard InChI is InChI=1S/C24H29NO4S/c1-4-19-15-18(2)23-21(16-19)10-13-25(23)30(26,27)24(3)11-8-20(9-12-24)17-29-22-7-5-6-14-28-22/h4,8-11,13,15-16,22H,1,5-7,12,14,17H2,2-3H3. The van der Waals surface area contributed by atoms with E-state index < -0.39 is 14.8 Å². The van der Waals surface area contributed by atoms with Gasteiger partial charge in [0.1, 0.15) is 4.75 Å². The zero-order valence-corrected chi connectivity index (χ0v) is 18.5. The first-order valence-electron chi connectivity index (χ1n) is 10.4. The molecule has 2 aliphatic rings. The molecular weight excluding hydrogens is 398 g/mol. The highest BCUT2D eigenvalue weighted by Crippen LogP contribution is 2.34. The van der Waals surface area contributed by atoms with Gasteiger partial charge in [-0.1, -0.05) is 30.9 Å². The Morgan fingerprint density at radius 1 is 1.37 bits per heavy atom. The Kier molecular flexibility index (Phi) is 5.75. The van der Waals surface area contributed by atoms with Crippen LogP contribution in [0.5, 0.6) is 0 Å². The third kappa shape index (κ3) is 3.80. The first-order valence-corrected chi connectivity index (χ1v) is 11.9. The van der Waals surface area contributed by atoms with Crippen LogP contribution in [-0.4, -0.2) is 36.6 Å². The Hall–Kier alpha value is -2.15. The second-order valence-electron chi connectivity index (χ2n) is 8.33. The molecule has 30 heavy (non-hydrogen) atoms. The predicted octanol–water partition coefficient (Wildman–Crippen LogP) is 4.96. The fraction of sp³-hybridized carbons (Fsp3) is 0.417. The van der Waals surface area contributed by atoms with E-state index in [4.69, 9.17) is 9.47 Å². The first-order chi connectivity index (χ1) is 14.3. The van der Waals surface area contributed by atoms with E-state index in [1.54, 1.807) is 25.3 Å². The summed E-state index contributed by atoms with van der Waals surface area (Å²) in [6.07, 6.45) is 12.4. The maximum Gasteiger partial charge on any atom is 0.248 e. The van der Waals surface area contributed by atoms with Gasteiger partial charge in [0, 0.05) is 18.2 Å². The summed E-state index contributed by atoms with van der Waals surface area (Å²) >= 11 is 0. The zero-order valence-electron chi connectivity index (χ0n) is 17.6. The molecule has 0 spiro atoms. The van der Waals surface area contributed by atoms with E-state index in [9.17, 15) is 8.42 Å². The third-order valence-electron chi connectivity index (χ3n) is 6.04. The molecule has 1 aliphatic heterocycles. The average Bonchev–Trinajstić information content (AvgIpc) is 3.19. The van der Waals surface area contributed by atoms with Gasteiger partial charge in [-0.05, 0) is 74.4 Å². The maximum absolute atomic E-state index is 13.6. The fourth-order valence-corrected chi connectivity index (χ4v) is 5.81. The van der Waals surface area contributed by atoms with E-state index in [1.807, 2.05) is 37.3 Å². The molecule has 0 bridgehead atoms. The van der Waals surface area contributed by atoms with Gasteiger partial charge in [0.15, 0.2) is 6.29 Å². The van der Waals surface area contributed by atoms with E-state index in [2.05, 4.69) is 6.58 Å². The molecule has 2 aromatic rings. The van der Waals surface area contributed by atoms with Crippen molar-refractivity contribution < 1.29 is 17.9 Å². The summed E-state index contributed by atoms with van der Waals surface area (Å²) in [5.74, 6) is 0. The minimum absolute atomic E-state index is 0.153. The molecule has 6 heteroatoms. The summed E-state index contributed by atoms with van der Waals surface area (Å²) in [4.78, 5) is 0. The van der Waals surface area contributed by atoms with Crippen molar-refractivity contribution in [1.29, 1.82) is 0 Å². The second kappa shape index (κ2) is 8.17. The lowest BCUT2D eigenvalue weighted by Crippen LogP contribution is -2.38. The molecule has 2 heterocycles. The number of aromatic nitrogens is 1. The molecule has 0 amide bonds. The van der Waals surface area contributed by atoms with Crippen molar-refractivity contribution in [3.05, 3.63) is 65.9 Å².